The first-order chi connectivity index (χ1) is 21.5. The quantitative estimate of drug-likeness (QED) is 0.257. The third-order valence-electron chi connectivity index (χ3n) is 8.14. The third-order valence-corrected chi connectivity index (χ3v) is 8.14. The predicted octanol–water partition coefficient (Wildman–Crippen LogP) is 12.2. The molecule has 0 bridgehead atoms. The van der Waals surface area contributed by atoms with Crippen LogP contribution in [0.3, 0.4) is 0 Å². The molecule has 0 aromatic carbocycles. The van der Waals surface area contributed by atoms with Gasteiger partial charge in [-0.05, 0) is 118 Å². The summed E-state index contributed by atoms with van der Waals surface area (Å²) in [5.74, 6) is 0.271. The van der Waals surface area contributed by atoms with Gasteiger partial charge in [0, 0.05) is 36.3 Å². The predicted molar refractivity (Wildman–Crippen MR) is 197 cm³/mol. The SMILES string of the molecule is CC.CC1=C(C)C2=CCC=C2CC1.[CH2]\C=C/C(=C\C1=NC=CC=CC1C)C(/C=C1/CCCCCN1/C=C\C=C/C=C)=C/CC. The van der Waals surface area contributed by atoms with E-state index in [1.165, 1.54) is 54.5 Å². The number of hydrogen-bond donors (Lipinski definition) is 0. The molecule has 1 unspecified atom stereocenters. The molecule has 2 aliphatic heterocycles. The Morgan fingerprint density at radius 3 is 2.57 bits per heavy atom. The smallest absolute Gasteiger partial charge is 0.0475 e. The summed E-state index contributed by atoms with van der Waals surface area (Å²) in [6.45, 7) is 21.6. The summed E-state index contributed by atoms with van der Waals surface area (Å²) in [5, 5.41) is 0. The molecule has 1 saturated heterocycles. The molecule has 0 saturated carbocycles. The Balaban J connectivity index is 0.000000427. The molecule has 2 aliphatic carbocycles. The van der Waals surface area contributed by atoms with Gasteiger partial charge in [-0.1, -0.05) is 107 Å². The molecule has 0 spiro atoms. The Morgan fingerprint density at radius 1 is 1.00 bits per heavy atom. The summed E-state index contributed by atoms with van der Waals surface area (Å²) in [5.41, 5.74) is 11.0. The average molecular weight is 590 g/mol. The Kier molecular flexibility index (Phi) is 17.5. The van der Waals surface area contributed by atoms with Gasteiger partial charge in [0.1, 0.15) is 0 Å². The largest absolute Gasteiger partial charge is 0.351 e. The van der Waals surface area contributed by atoms with Crippen molar-refractivity contribution >= 4 is 5.71 Å². The molecule has 0 amide bonds. The van der Waals surface area contributed by atoms with Crippen molar-refractivity contribution in [3.05, 3.63) is 150 Å². The van der Waals surface area contributed by atoms with Gasteiger partial charge in [0.25, 0.3) is 0 Å². The van der Waals surface area contributed by atoms with Crippen molar-refractivity contribution in [2.45, 2.75) is 92.9 Å². The zero-order valence-electron chi connectivity index (χ0n) is 28.5. The molecule has 2 heterocycles. The molecule has 44 heavy (non-hydrogen) atoms. The van der Waals surface area contributed by atoms with E-state index in [-0.39, 0.29) is 5.92 Å². The maximum atomic E-state index is 4.66. The number of likely N-dealkylation sites (tertiary alicyclic amines) is 1. The molecular weight excluding hydrogens is 532 g/mol. The van der Waals surface area contributed by atoms with E-state index in [0.717, 1.165) is 37.1 Å². The fourth-order valence-corrected chi connectivity index (χ4v) is 5.57. The molecule has 0 aromatic heterocycles. The Hall–Kier alpha value is -3.65. The minimum atomic E-state index is 0.271. The molecular formula is C42H57N2. The fourth-order valence-electron chi connectivity index (χ4n) is 5.57. The van der Waals surface area contributed by atoms with Gasteiger partial charge in [0.2, 0.25) is 0 Å². The monoisotopic (exact) mass is 589 g/mol. The van der Waals surface area contributed by atoms with Gasteiger partial charge in [-0.15, -0.1) is 0 Å². The highest BCUT2D eigenvalue weighted by molar-refractivity contribution is 6.00. The van der Waals surface area contributed by atoms with E-state index in [9.17, 15) is 0 Å². The number of fused-ring (bicyclic) bond motifs is 1. The number of allylic oxidation sites excluding steroid dienone is 21. The maximum Gasteiger partial charge on any atom is 0.0475 e. The second-order valence-corrected chi connectivity index (χ2v) is 11.2. The van der Waals surface area contributed by atoms with Gasteiger partial charge >= 0.3 is 0 Å². The molecule has 0 N–H and O–H groups in total. The van der Waals surface area contributed by atoms with Crippen LogP contribution in [-0.4, -0.2) is 17.2 Å². The van der Waals surface area contributed by atoms with Crippen molar-refractivity contribution < 1.29 is 0 Å². The summed E-state index contributed by atoms with van der Waals surface area (Å²) in [7, 11) is 0. The van der Waals surface area contributed by atoms with Crippen molar-refractivity contribution in [2.75, 3.05) is 6.54 Å². The standard InChI is InChI=1S/C29H37N2.C11H14.C2H6/c1-5-8-9-14-21-31-22-15-10-11-19-28(31)23-26(16-6-2)27(17-7-3)24-29-25(4)18-12-13-20-30-29;1-8-6-7-10-4-3-5-11(10)9(8)2;1-2/h5,7-9,12-14,16-18,20-21,23-25H,1,3,6,10-11,15,19,22H2,2,4H3;4-5H,3,6-7H2,1-2H3;1-2H3/b9-8-,17-7-,21-14-,26-16+,27-24+,28-23-;;. The lowest BCUT2D eigenvalue weighted by molar-refractivity contribution is 0.462. The number of nitrogens with zero attached hydrogens (tertiary/aromatic N) is 2. The van der Waals surface area contributed by atoms with Gasteiger partial charge in [0.05, 0.1) is 0 Å². The van der Waals surface area contributed by atoms with E-state index >= 15 is 0 Å². The van der Waals surface area contributed by atoms with Crippen molar-refractivity contribution in [3.8, 4) is 0 Å². The molecule has 4 aliphatic rings. The highest BCUT2D eigenvalue weighted by atomic mass is 15.1. The van der Waals surface area contributed by atoms with Crippen LogP contribution in [0, 0.1) is 12.8 Å². The van der Waals surface area contributed by atoms with Crippen molar-refractivity contribution in [1.29, 1.82) is 0 Å². The Morgan fingerprint density at radius 2 is 1.82 bits per heavy atom. The molecule has 2 heteroatoms. The van der Waals surface area contributed by atoms with Crippen LogP contribution in [0.4, 0.5) is 0 Å². The Bertz CT molecular complexity index is 1310. The normalized spacial score (nSPS) is 21.8. The topological polar surface area (TPSA) is 15.6 Å². The van der Waals surface area contributed by atoms with Crippen LogP contribution in [0.2, 0.25) is 0 Å². The number of aliphatic imine (C=N–C) groups is 1. The lowest BCUT2D eigenvalue weighted by atomic mass is 9.87. The van der Waals surface area contributed by atoms with Crippen LogP contribution < -0.4 is 0 Å². The van der Waals surface area contributed by atoms with E-state index in [4.69, 9.17) is 0 Å². The van der Waals surface area contributed by atoms with Crippen LogP contribution >= 0.6 is 0 Å². The first kappa shape index (κ1) is 36.5. The molecule has 1 atom stereocenters. The second-order valence-electron chi connectivity index (χ2n) is 11.2. The second kappa shape index (κ2) is 21.1. The summed E-state index contributed by atoms with van der Waals surface area (Å²) in [6.07, 6.45) is 43.2. The lowest BCUT2D eigenvalue weighted by Gasteiger charge is -2.22. The van der Waals surface area contributed by atoms with Crippen molar-refractivity contribution in [1.82, 2.24) is 4.90 Å². The van der Waals surface area contributed by atoms with E-state index < -0.39 is 0 Å². The van der Waals surface area contributed by atoms with Crippen LogP contribution in [0.25, 0.3) is 0 Å². The highest BCUT2D eigenvalue weighted by Gasteiger charge is 2.18. The minimum Gasteiger partial charge on any atom is -0.351 e. The molecule has 4 rings (SSSR count). The van der Waals surface area contributed by atoms with E-state index in [1.807, 2.05) is 44.4 Å². The molecule has 0 aromatic rings. The van der Waals surface area contributed by atoms with E-state index in [2.05, 4.69) is 112 Å². The van der Waals surface area contributed by atoms with Gasteiger partial charge in [-0.25, -0.2) is 0 Å². The molecule has 235 valence electrons. The maximum absolute atomic E-state index is 4.66. The first-order valence-electron chi connectivity index (χ1n) is 16.8. The summed E-state index contributed by atoms with van der Waals surface area (Å²) in [4.78, 5) is 7.06. The minimum absolute atomic E-state index is 0.271. The van der Waals surface area contributed by atoms with Crippen molar-refractivity contribution in [2.24, 2.45) is 10.9 Å². The third kappa shape index (κ3) is 11.8. The number of hydrogen-bond acceptors (Lipinski definition) is 2. The van der Waals surface area contributed by atoms with Gasteiger partial charge in [0.15, 0.2) is 0 Å². The van der Waals surface area contributed by atoms with Gasteiger partial charge in [-0.2, -0.15) is 0 Å². The van der Waals surface area contributed by atoms with Crippen molar-refractivity contribution in [3.63, 3.8) is 0 Å². The van der Waals surface area contributed by atoms with Crippen LogP contribution in [0.15, 0.2) is 148 Å². The zero-order chi connectivity index (χ0) is 32.2. The number of rotatable bonds is 8. The Labute approximate surface area is 270 Å². The fraction of sp³-hybridized carbons (Fsp3) is 0.381. The summed E-state index contributed by atoms with van der Waals surface area (Å²) < 4.78 is 0. The van der Waals surface area contributed by atoms with Crippen LogP contribution in [0.5, 0.6) is 0 Å². The van der Waals surface area contributed by atoms with Gasteiger partial charge in [-0.3, -0.25) is 4.99 Å². The molecule has 1 fully saturated rings. The van der Waals surface area contributed by atoms with E-state index in [1.54, 1.807) is 17.2 Å². The average Bonchev–Trinajstić information content (AvgIpc) is 3.30. The first-order valence-corrected chi connectivity index (χ1v) is 16.8. The van der Waals surface area contributed by atoms with Crippen LogP contribution in [0.1, 0.15) is 92.9 Å². The molecule has 2 nitrogen and oxygen atoms in total. The molecule has 1 radical (unpaired) electrons. The van der Waals surface area contributed by atoms with Gasteiger partial charge < -0.3 is 4.90 Å². The summed E-state index contributed by atoms with van der Waals surface area (Å²) in [6, 6.07) is 0. The highest BCUT2D eigenvalue weighted by Crippen LogP contribution is 2.36. The zero-order valence-corrected chi connectivity index (χ0v) is 28.5. The van der Waals surface area contributed by atoms with Crippen LogP contribution in [-0.2, 0) is 0 Å². The van der Waals surface area contributed by atoms with E-state index in [0.29, 0.717) is 0 Å². The summed E-state index contributed by atoms with van der Waals surface area (Å²) >= 11 is 0. The lowest BCUT2D eigenvalue weighted by Crippen LogP contribution is -2.16.